The summed E-state index contributed by atoms with van der Waals surface area (Å²) in [7, 11) is 1.90. The molecule has 2 nitrogen and oxygen atoms in total. The van der Waals surface area contributed by atoms with E-state index in [-0.39, 0.29) is 6.61 Å². The van der Waals surface area contributed by atoms with Gasteiger partial charge in [0.05, 0.1) is 13.2 Å². The fourth-order valence-corrected chi connectivity index (χ4v) is 0.209. The van der Waals surface area contributed by atoms with Crippen LogP contribution in [0.2, 0.25) is 0 Å². The highest BCUT2D eigenvalue weighted by Crippen LogP contribution is 1.63. The molecule has 0 radical (unpaired) electrons. The summed E-state index contributed by atoms with van der Waals surface area (Å²) < 4.78 is 4.73. The quantitative estimate of drug-likeness (QED) is 0.339. The normalized spacial score (nSPS) is 8.83. The van der Waals surface area contributed by atoms with Crippen LogP contribution in [0.5, 0.6) is 0 Å². The first-order chi connectivity index (χ1) is 2.91. The van der Waals surface area contributed by atoms with E-state index in [1.807, 2.05) is 7.85 Å². The van der Waals surface area contributed by atoms with Crippen LogP contribution in [0.4, 0.5) is 0 Å². The van der Waals surface area contributed by atoms with E-state index in [0.29, 0.717) is 13.1 Å². The average Bonchev–Trinajstić information content (AvgIpc) is 1.61. The second-order valence-electron chi connectivity index (χ2n) is 0.921. The standard InChI is InChI=1S/C3H9BO2/c4-3-6-2-1-5/h5H,1-4H2. The number of aliphatic hydroxyl groups excluding tert-OH is 1. The predicted molar refractivity (Wildman–Crippen MR) is 26.4 cm³/mol. The van der Waals surface area contributed by atoms with E-state index in [1.54, 1.807) is 0 Å². The minimum absolute atomic E-state index is 0.133. The Morgan fingerprint density at radius 1 is 1.67 bits per heavy atom. The number of aliphatic hydroxyl groups is 1. The molecule has 0 fully saturated rings. The van der Waals surface area contributed by atoms with Crippen molar-refractivity contribution in [3.63, 3.8) is 0 Å². The monoisotopic (exact) mass is 88.1 g/mol. The second-order valence-corrected chi connectivity index (χ2v) is 0.921. The third-order valence-corrected chi connectivity index (χ3v) is 0.440. The highest BCUT2D eigenvalue weighted by molar-refractivity contribution is 6.08. The van der Waals surface area contributed by atoms with Crippen LogP contribution in [0.1, 0.15) is 0 Å². The maximum absolute atomic E-state index is 8.07. The fraction of sp³-hybridized carbons (Fsp3) is 1.00. The third-order valence-electron chi connectivity index (χ3n) is 0.440. The molecule has 0 aromatic heterocycles. The zero-order valence-corrected chi connectivity index (χ0v) is 3.98. The molecule has 1 N–H and O–H groups in total. The first-order valence-corrected chi connectivity index (χ1v) is 2.10. The molecule has 0 saturated heterocycles. The van der Waals surface area contributed by atoms with Gasteiger partial charge in [-0.3, -0.25) is 0 Å². The van der Waals surface area contributed by atoms with Crippen molar-refractivity contribution in [2.75, 3.05) is 19.7 Å². The minimum Gasteiger partial charge on any atom is -0.394 e. The molecule has 0 aromatic rings. The van der Waals surface area contributed by atoms with Crippen molar-refractivity contribution in [3.05, 3.63) is 0 Å². The maximum atomic E-state index is 8.07. The number of hydrogen-bond acceptors (Lipinski definition) is 2. The van der Waals surface area contributed by atoms with Gasteiger partial charge in [-0.2, -0.15) is 0 Å². The van der Waals surface area contributed by atoms with Gasteiger partial charge in [-0.05, 0) is 0 Å². The summed E-state index contributed by atoms with van der Waals surface area (Å²) in [4.78, 5) is 0. The first kappa shape index (κ1) is 5.98. The zero-order chi connectivity index (χ0) is 4.83. The van der Waals surface area contributed by atoms with E-state index in [0.717, 1.165) is 0 Å². The Balaban J connectivity index is 2.34. The summed E-state index contributed by atoms with van der Waals surface area (Å²) in [5.41, 5.74) is 0. The molecule has 6 heavy (non-hydrogen) atoms. The molecule has 0 aliphatic carbocycles. The van der Waals surface area contributed by atoms with Gasteiger partial charge in [-0.25, -0.2) is 0 Å². The zero-order valence-electron chi connectivity index (χ0n) is 3.98. The van der Waals surface area contributed by atoms with Crippen LogP contribution in [-0.2, 0) is 4.74 Å². The summed E-state index contributed by atoms with van der Waals surface area (Å²) in [6, 6.07) is 0. The molecular formula is C3H9BO2. The van der Waals surface area contributed by atoms with E-state index in [2.05, 4.69) is 0 Å². The SMILES string of the molecule is BCOCCO. The van der Waals surface area contributed by atoms with Crippen LogP contribution in [0.25, 0.3) is 0 Å². The Morgan fingerprint density at radius 2 is 2.33 bits per heavy atom. The Labute approximate surface area is 38.5 Å². The van der Waals surface area contributed by atoms with Crippen LogP contribution >= 0.6 is 0 Å². The van der Waals surface area contributed by atoms with Crippen molar-refractivity contribution >= 4 is 7.85 Å². The summed E-state index contributed by atoms with van der Waals surface area (Å²) in [5, 5.41) is 8.07. The molecule has 0 aliphatic rings. The van der Waals surface area contributed by atoms with E-state index < -0.39 is 0 Å². The highest BCUT2D eigenvalue weighted by Gasteiger charge is 1.74. The molecule has 0 heterocycles. The molecule has 0 amide bonds. The van der Waals surface area contributed by atoms with Gasteiger partial charge in [0.25, 0.3) is 0 Å². The molecule has 0 aromatic carbocycles. The number of rotatable bonds is 3. The van der Waals surface area contributed by atoms with E-state index in [9.17, 15) is 0 Å². The van der Waals surface area contributed by atoms with Crippen molar-refractivity contribution in [2.45, 2.75) is 0 Å². The number of hydrogen-bond donors (Lipinski definition) is 1. The predicted octanol–water partition coefficient (Wildman–Crippen LogP) is -1.41. The number of ether oxygens (including phenoxy) is 1. The van der Waals surface area contributed by atoms with Crippen molar-refractivity contribution in [2.24, 2.45) is 0 Å². The van der Waals surface area contributed by atoms with Crippen molar-refractivity contribution in [1.82, 2.24) is 0 Å². The van der Waals surface area contributed by atoms with Crippen molar-refractivity contribution < 1.29 is 9.84 Å². The van der Waals surface area contributed by atoms with Crippen LogP contribution in [0, 0.1) is 0 Å². The lowest BCUT2D eigenvalue weighted by atomic mass is 10.2. The summed E-state index contributed by atoms with van der Waals surface area (Å²) in [6.45, 7) is 1.30. The largest absolute Gasteiger partial charge is 0.394 e. The third kappa shape index (κ3) is 3.98. The van der Waals surface area contributed by atoms with Gasteiger partial charge in [0.2, 0.25) is 0 Å². The highest BCUT2D eigenvalue weighted by atomic mass is 16.5. The second kappa shape index (κ2) is 4.98. The Hall–Kier alpha value is -0.0151. The molecule has 0 spiro atoms. The van der Waals surface area contributed by atoms with Gasteiger partial charge in [0.15, 0.2) is 0 Å². The van der Waals surface area contributed by atoms with Gasteiger partial charge in [-0.1, -0.05) is 0 Å². The molecule has 0 atom stereocenters. The Bertz CT molecular complexity index is 20.8. The van der Waals surface area contributed by atoms with Crippen LogP contribution in [0.3, 0.4) is 0 Å². The van der Waals surface area contributed by atoms with Crippen molar-refractivity contribution in [1.29, 1.82) is 0 Å². The average molecular weight is 87.9 g/mol. The molecule has 3 heteroatoms. The fourth-order valence-electron chi connectivity index (χ4n) is 0.209. The molecule has 0 bridgehead atoms. The van der Waals surface area contributed by atoms with Gasteiger partial charge in [0, 0.05) is 6.51 Å². The Morgan fingerprint density at radius 3 is 2.50 bits per heavy atom. The van der Waals surface area contributed by atoms with Crippen LogP contribution < -0.4 is 0 Å². The van der Waals surface area contributed by atoms with Gasteiger partial charge >= 0.3 is 0 Å². The first-order valence-electron chi connectivity index (χ1n) is 2.10. The molecular weight excluding hydrogens is 78.8 g/mol. The molecule has 36 valence electrons. The molecule has 0 saturated carbocycles. The molecule has 0 rings (SSSR count). The van der Waals surface area contributed by atoms with E-state index in [1.165, 1.54) is 0 Å². The van der Waals surface area contributed by atoms with Gasteiger partial charge in [-0.15, -0.1) is 0 Å². The van der Waals surface area contributed by atoms with Crippen LogP contribution in [0.15, 0.2) is 0 Å². The molecule has 0 unspecified atom stereocenters. The molecule has 0 aliphatic heterocycles. The van der Waals surface area contributed by atoms with E-state index in [4.69, 9.17) is 9.84 Å². The van der Waals surface area contributed by atoms with Gasteiger partial charge in [0.1, 0.15) is 7.85 Å². The van der Waals surface area contributed by atoms with E-state index >= 15 is 0 Å². The van der Waals surface area contributed by atoms with Gasteiger partial charge < -0.3 is 9.84 Å². The lowest BCUT2D eigenvalue weighted by molar-refractivity contribution is 0.123. The lowest BCUT2D eigenvalue weighted by Crippen LogP contribution is -1.99. The smallest absolute Gasteiger partial charge is 0.135 e. The minimum atomic E-state index is 0.133. The summed E-state index contributed by atoms with van der Waals surface area (Å²) in [6.07, 6.45) is 0. The van der Waals surface area contributed by atoms with Crippen molar-refractivity contribution in [3.8, 4) is 0 Å². The summed E-state index contributed by atoms with van der Waals surface area (Å²) >= 11 is 0. The maximum Gasteiger partial charge on any atom is 0.135 e. The summed E-state index contributed by atoms with van der Waals surface area (Å²) in [5.74, 6) is 0. The lowest BCUT2D eigenvalue weighted by Gasteiger charge is -1.91. The van der Waals surface area contributed by atoms with Crippen LogP contribution in [-0.4, -0.2) is 32.7 Å². The Kier molecular flexibility index (Phi) is 4.97. The topological polar surface area (TPSA) is 29.5 Å².